The largest absolute Gasteiger partial charge is 0.339 e. The van der Waals surface area contributed by atoms with Crippen molar-refractivity contribution in [1.82, 2.24) is 19.9 Å². The third-order valence-electron chi connectivity index (χ3n) is 1.99. The van der Waals surface area contributed by atoms with Gasteiger partial charge in [-0.15, -0.1) is 0 Å². The quantitative estimate of drug-likeness (QED) is 0.754. The van der Waals surface area contributed by atoms with Crippen molar-refractivity contribution < 1.29 is 0 Å². The van der Waals surface area contributed by atoms with E-state index in [-0.39, 0.29) is 0 Å². The van der Waals surface area contributed by atoms with Crippen molar-refractivity contribution in [2.45, 2.75) is 26.7 Å². The molecule has 0 spiro atoms. The molecule has 4 heteroatoms. The van der Waals surface area contributed by atoms with Crippen LogP contribution in [0.15, 0.2) is 6.20 Å². The molecule has 0 aliphatic rings. The number of hydrogen-bond acceptors (Lipinski definition) is 3. The molecule has 2 heterocycles. The Morgan fingerprint density at radius 2 is 2.08 bits per heavy atom. The van der Waals surface area contributed by atoms with E-state index in [4.69, 9.17) is 0 Å². The lowest BCUT2D eigenvalue weighted by molar-refractivity contribution is 0.953. The van der Waals surface area contributed by atoms with E-state index in [1.165, 1.54) is 0 Å². The van der Waals surface area contributed by atoms with Crippen LogP contribution < -0.4 is 0 Å². The molecule has 2 rings (SSSR count). The molecule has 0 saturated carbocycles. The van der Waals surface area contributed by atoms with Crippen LogP contribution in [0.5, 0.6) is 0 Å². The summed E-state index contributed by atoms with van der Waals surface area (Å²) in [5, 5.41) is 0. The van der Waals surface area contributed by atoms with Crippen LogP contribution in [0.25, 0.3) is 11.2 Å². The predicted octanol–water partition coefficient (Wildman–Crippen LogP) is 1.48. The van der Waals surface area contributed by atoms with Gasteiger partial charge in [-0.25, -0.2) is 15.0 Å². The maximum Gasteiger partial charge on any atom is 0.181 e. The van der Waals surface area contributed by atoms with Gasteiger partial charge < -0.3 is 4.98 Å². The molecule has 1 N–H and O–H groups in total. The third-order valence-corrected chi connectivity index (χ3v) is 1.99. The first-order chi connectivity index (χ1) is 6.33. The minimum absolute atomic E-state index is 0.781. The highest BCUT2D eigenvalue weighted by atomic mass is 15.0. The summed E-state index contributed by atoms with van der Waals surface area (Å²) in [6.45, 7) is 4.10. The molecule has 68 valence electrons. The number of hydrogen-bond donors (Lipinski definition) is 1. The fraction of sp³-hybridized carbons (Fsp3) is 0.444. The Bertz CT molecular complexity index is 416. The second-order valence-corrected chi connectivity index (χ2v) is 2.91. The van der Waals surface area contributed by atoms with Crippen LogP contribution in [0.1, 0.15) is 25.5 Å². The van der Waals surface area contributed by atoms with Crippen molar-refractivity contribution in [3.8, 4) is 0 Å². The lowest BCUT2D eigenvalue weighted by atomic mass is 10.4. The molecular formula is C9H12N4. The van der Waals surface area contributed by atoms with Crippen molar-refractivity contribution in [2.24, 2.45) is 0 Å². The summed E-state index contributed by atoms with van der Waals surface area (Å²) < 4.78 is 0. The zero-order chi connectivity index (χ0) is 9.26. The van der Waals surface area contributed by atoms with Gasteiger partial charge in [0.15, 0.2) is 5.65 Å². The molecule has 0 radical (unpaired) electrons. The fourth-order valence-electron chi connectivity index (χ4n) is 1.23. The van der Waals surface area contributed by atoms with Crippen LogP contribution in [0, 0.1) is 0 Å². The van der Waals surface area contributed by atoms with E-state index in [0.717, 1.165) is 35.7 Å². The molecule has 13 heavy (non-hydrogen) atoms. The summed E-state index contributed by atoms with van der Waals surface area (Å²) in [5.41, 5.74) is 1.71. The number of aromatic amines is 1. The van der Waals surface area contributed by atoms with Gasteiger partial charge in [0.1, 0.15) is 17.2 Å². The summed E-state index contributed by atoms with van der Waals surface area (Å²) >= 11 is 0. The second kappa shape index (κ2) is 3.12. The summed E-state index contributed by atoms with van der Waals surface area (Å²) in [7, 11) is 0. The average Bonchev–Trinajstić information content (AvgIpc) is 2.58. The summed E-state index contributed by atoms with van der Waals surface area (Å²) in [6.07, 6.45) is 3.55. The molecule has 0 aliphatic carbocycles. The summed E-state index contributed by atoms with van der Waals surface area (Å²) in [5.74, 6) is 1.82. The number of nitrogens with zero attached hydrogens (tertiary/aromatic N) is 3. The number of imidazole rings is 1. The van der Waals surface area contributed by atoms with E-state index in [9.17, 15) is 0 Å². The maximum atomic E-state index is 4.33. The molecule has 0 amide bonds. The molecule has 4 nitrogen and oxygen atoms in total. The van der Waals surface area contributed by atoms with Crippen molar-refractivity contribution in [3.05, 3.63) is 17.8 Å². The number of fused-ring (bicyclic) bond motifs is 1. The lowest BCUT2D eigenvalue weighted by Crippen LogP contribution is -1.91. The van der Waals surface area contributed by atoms with Crippen molar-refractivity contribution in [2.75, 3.05) is 0 Å². The molecule has 0 bridgehead atoms. The smallest absolute Gasteiger partial charge is 0.181 e. The Hall–Kier alpha value is -1.45. The predicted molar refractivity (Wildman–Crippen MR) is 50.4 cm³/mol. The van der Waals surface area contributed by atoms with Crippen LogP contribution in [0.2, 0.25) is 0 Å². The van der Waals surface area contributed by atoms with Crippen molar-refractivity contribution in [3.63, 3.8) is 0 Å². The Balaban J connectivity index is 2.57. The number of aryl methyl sites for hydroxylation is 2. The number of nitrogens with one attached hydrogen (secondary N) is 1. The molecule has 0 aromatic carbocycles. The Morgan fingerprint density at radius 3 is 2.77 bits per heavy atom. The average molecular weight is 176 g/mol. The van der Waals surface area contributed by atoms with Gasteiger partial charge in [0.2, 0.25) is 0 Å². The first-order valence-electron chi connectivity index (χ1n) is 4.54. The van der Waals surface area contributed by atoms with Gasteiger partial charge in [-0.05, 0) is 0 Å². The first kappa shape index (κ1) is 8.16. The van der Waals surface area contributed by atoms with Crippen LogP contribution in [-0.2, 0) is 12.8 Å². The highest BCUT2D eigenvalue weighted by Crippen LogP contribution is 2.08. The summed E-state index contributed by atoms with van der Waals surface area (Å²) in [6, 6.07) is 0. The maximum absolute atomic E-state index is 4.33. The van der Waals surface area contributed by atoms with Gasteiger partial charge in [0, 0.05) is 12.8 Å². The molecule has 2 aromatic rings. The van der Waals surface area contributed by atoms with Gasteiger partial charge in [0.25, 0.3) is 0 Å². The molecule has 2 aromatic heterocycles. The minimum Gasteiger partial charge on any atom is -0.339 e. The van der Waals surface area contributed by atoms with Crippen LogP contribution >= 0.6 is 0 Å². The van der Waals surface area contributed by atoms with Crippen LogP contribution in [0.4, 0.5) is 0 Å². The van der Waals surface area contributed by atoms with Gasteiger partial charge in [0.05, 0.1) is 6.20 Å². The molecule has 0 aliphatic heterocycles. The zero-order valence-electron chi connectivity index (χ0n) is 7.83. The van der Waals surface area contributed by atoms with Crippen molar-refractivity contribution >= 4 is 11.2 Å². The standard InChI is InChI=1S/C9H12N4/c1-3-7-10-5-6-9(12-7)13-8(4-2)11-6/h5H,3-4H2,1-2H3,(H,10,11,12,13). The number of rotatable bonds is 2. The number of H-pyrrole nitrogens is 1. The summed E-state index contributed by atoms with van der Waals surface area (Å²) in [4.78, 5) is 16.0. The van der Waals surface area contributed by atoms with E-state index >= 15 is 0 Å². The van der Waals surface area contributed by atoms with Crippen molar-refractivity contribution in [1.29, 1.82) is 0 Å². The second-order valence-electron chi connectivity index (χ2n) is 2.91. The van der Waals surface area contributed by atoms with Crippen LogP contribution in [0.3, 0.4) is 0 Å². The fourth-order valence-corrected chi connectivity index (χ4v) is 1.23. The SMILES string of the molecule is CCc1ncc2[nH]c(CC)nc2n1. The van der Waals surface area contributed by atoms with Gasteiger partial charge in [-0.1, -0.05) is 13.8 Å². The van der Waals surface area contributed by atoms with E-state index in [0.29, 0.717) is 0 Å². The van der Waals surface area contributed by atoms with Crippen LogP contribution in [-0.4, -0.2) is 19.9 Å². The monoisotopic (exact) mass is 176 g/mol. The molecule has 0 atom stereocenters. The van der Waals surface area contributed by atoms with E-state index in [1.54, 1.807) is 6.20 Å². The minimum atomic E-state index is 0.781. The molecule has 0 unspecified atom stereocenters. The molecular weight excluding hydrogens is 164 g/mol. The first-order valence-corrected chi connectivity index (χ1v) is 4.54. The zero-order valence-corrected chi connectivity index (χ0v) is 7.83. The highest BCUT2D eigenvalue weighted by Gasteiger charge is 2.03. The van der Waals surface area contributed by atoms with Gasteiger partial charge in [-0.3, -0.25) is 0 Å². The lowest BCUT2D eigenvalue weighted by Gasteiger charge is -1.91. The van der Waals surface area contributed by atoms with E-state index in [2.05, 4.69) is 26.9 Å². The Morgan fingerprint density at radius 1 is 1.23 bits per heavy atom. The topological polar surface area (TPSA) is 54.5 Å². The third kappa shape index (κ3) is 1.39. The molecule has 0 fully saturated rings. The Kier molecular flexibility index (Phi) is 1.96. The van der Waals surface area contributed by atoms with Gasteiger partial charge in [-0.2, -0.15) is 0 Å². The Labute approximate surface area is 76.4 Å². The highest BCUT2D eigenvalue weighted by molar-refractivity contribution is 5.69. The normalized spacial score (nSPS) is 10.9. The molecule has 0 saturated heterocycles. The van der Waals surface area contributed by atoms with E-state index in [1.807, 2.05) is 6.92 Å². The van der Waals surface area contributed by atoms with Gasteiger partial charge >= 0.3 is 0 Å². The van der Waals surface area contributed by atoms with E-state index < -0.39 is 0 Å². The number of aromatic nitrogens is 4.